The van der Waals surface area contributed by atoms with Crippen LogP contribution in [0.1, 0.15) is 25.3 Å². The third-order valence-electron chi connectivity index (χ3n) is 3.09. The second kappa shape index (κ2) is 6.64. The van der Waals surface area contributed by atoms with Crippen LogP contribution in [0.15, 0.2) is 24.3 Å². The Morgan fingerprint density at radius 2 is 2.24 bits per heavy atom. The van der Waals surface area contributed by atoms with Crippen LogP contribution in [0.4, 0.5) is 5.69 Å². The molecule has 1 aromatic rings. The number of hydrogen-bond acceptors (Lipinski definition) is 3. The normalized spacial score (nSPS) is 16.1. The minimum atomic E-state index is -3.16. The van der Waals surface area contributed by atoms with Gasteiger partial charge in [0.15, 0.2) is 0 Å². The highest BCUT2D eigenvalue weighted by Crippen LogP contribution is 2.24. The van der Waals surface area contributed by atoms with Crippen LogP contribution in [0.2, 0.25) is 0 Å². The number of hydrogen-bond donors (Lipinski definition) is 1. The van der Waals surface area contributed by atoms with Crippen molar-refractivity contribution in [2.45, 2.75) is 19.8 Å². The first-order valence-electron chi connectivity index (χ1n) is 6.83. The van der Waals surface area contributed by atoms with Crippen molar-refractivity contribution in [3.8, 4) is 11.8 Å². The van der Waals surface area contributed by atoms with E-state index in [-0.39, 0.29) is 11.7 Å². The number of rotatable bonds is 3. The molecule has 1 fully saturated rings. The molecule has 1 N–H and O–H groups in total. The molecule has 1 saturated heterocycles. The monoisotopic (exact) mass is 306 g/mol. The van der Waals surface area contributed by atoms with Gasteiger partial charge in [0.25, 0.3) is 0 Å². The molecule has 1 amide bonds. The first-order valence-corrected chi connectivity index (χ1v) is 8.44. The van der Waals surface area contributed by atoms with E-state index in [1.54, 1.807) is 18.2 Å². The van der Waals surface area contributed by atoms with E-state index >= 15 is 0 Å². The molecule has 6 heteroatoms. The van der Waals surface area contributed by atoms with Crippen LogP contribution >= 0.6 is 0 Å². The van der Waals surface area contributed by atoms with Crippen LogP contribution in [0, 0.1) is 11.8 Å². The van der Waals surface area contributed by atoms with Gasteiger partial charge in [-0.25, -0.2) is 8.42 Å². The Hall–Kier alpha value is -2.00. The van der Waals surface area contributed by atoms with E-state index < -0.39 is 10.0 Å². The van der Waals surface area contributed by atoms with Gasteiger partial charge in [-0.2, -0.15) is 0 Å². The van der Waals surface area contributed by atoms with E-state index in [1.807, 2.05) is 6.07 Å². The molecular weight excluding hydrogens is 288 g/mol. The SMILES string of the molecule is CC(=O)NCCC#Cc1cccc(N2CCCS2(=O)=O)c1. The summed E-state index contributed by atoms with van der Waals surface area (Å²) in [7, 11) is -3.16. The lowest BCUT2D eigenvalue weighted by Gasteiger charge is -2.16. The lowest BCUT2D eigenvalue weighted by Crippen LogP contribution is -2.24. The van der Waals surface area contributed by atoms with Crippen LogP contribution in [0.3, 0.4) is 0 Å². The quantitative estimate of drug-likeness (QED) is 0.672. The fourth-order valence-corrected chi connectivity index (χ4v) is 3.69. The van der Waals surface area contributed by atoms with E-state index in [0.717, 1.165) is 5.56 Å². The van der Waals surface area contributed by atoms with Crippen molar-refractivity contribution in [3.63, 3.8) is 0 Å². The molecule has 0 aliphatic carbocycles. The molecule has 112 valence electrons. The number of amides is 1. The Bertz CT molecular complexity index is 686. The standard InChI is InChI=1S/C15H18N2O3S/c1-13(18)16-9-3-2-6-14-7-4-8-15(12-14)17-10-5-11-21(17,19)20/h4,7-8,12H,3,5,9-11H2,1H3,(H,16,18). The lowest BCUT2D eigenvalue weighted by molar-refractivity contribution is -0.118. The Labute approximate surface area is 125 Å². The number of nitrogens with one attached hydrogen (secondary N) is 1. The summed E-state index contributed by atoms with van der Waals surface area (Å²) in [6.07, 6.45) is 1.22. The molecule has 0 unspecified atom stereocenters. The lowest BCUT2D eigenvalue weighted by atomic mass is 10.2. The highest BCUT2D eigenvalue weighted by molar-refractivity contribution is 7.93. The van der Waals surface area contributed by atoms with Gasteiger partial charge >= 0.3 is 0 Å². The molecule has 0 spiro atoms. The molecule has 1 heterocycles. The minimum absolute atomic E-state index is 0.0713. The predicted octanol–water partition coefficient (Wildman–Crippen LogP) is 1.10. The highest BCUT2D eigenvalue weighted by atomic mass is 32.2. The third kappa shape index (κ3) is 4.23. The fourth-order valence-electron chi connectivity index (χ4n) is 2.13. The van der Waals surface area contributed by atoms with Crippen molar-refractivity contribution in [2.24, 2.45) is 0 Å². The van der Waals surface area contributed by atoms with E-state index in [0.29, 0.717) is 31.6 Å². The molecule has 0 bridgehead atoms. The third-order valence-corrected chi connectivity index (χ3v) is 4.96. The molecular formula is C15H18N2O3S. The molecule has 2 rings (SSSR count). The van der Waals surface area contributed by atoms with Crippen molar-refractivity contribution in [1.29, 1.82) is 0 Å². The molecule has 0 radical (unpaired) electrons. The smallest absolute Gasteiger partial charge is 0.235 e. The number of sulfonamides is 1. The molecule has 1 aliphatic rings. The zero-order chi connectivity index (χ0) is 15.3. The van der Waals surface area contributed by atoms with Gasteiger partial charge in [-0.05, 0) is 24.6 Å². The summed E-state index contributed by atoms with van der Waals surface area (Å²) in [5.41, 5.74) is 1.44. The van der Waals surface area contributed by atoms with E-state index in [1.165, 1.54) is 11.2 Å². The number of carbonyl (C=O) groups is 1. The maximum atomic E-state index is 11.9. The second-order valence-electron chi connectivity index (χ2n) is 4.83. The first kappa shape index (κ1) is 15.4. The van der Waals surface area contributed by atoms with Crippen molar-refractivity contribution in [3.05, 3.63) is 29.8 Å². The average molecular weight is 306 g/mol. The summed E-state index contributed by atoms with van der Waals surface area (Å²) in [5.74, 6) is 6.09. The van der Waals surface area contributed by atoms with E-state index in [2.05, 4.69) is 17.2 Å². The van der Waals surface area contributed by atoms with E-state index in [9.17, 15) is 13.2 Å². The Balaban J connectivity index is 2.05. The van der Waals surface area contributed by atoms with Crippen molar-refractivity contribution >= 4 is 21.6 Å². The van der Waals surface area contributed by atoms with Crippen LogP contribution < -0.4 is 9.62 Å². The summed E-state index contributed by atoms with van der Waals surface area (Å²) in [5, 5.41) is 2.67. The van der Waals surface area contributed by atoms with Crippen molar-refractivity contribution < 1.29 is 13.2 Å². The maximum absolute atomic E-state index is 11.9. The summed E-state index contributed by atoms with van der Waals surface area (Å²) in [6, 6.07) is 7.22. The van der Waals surface area contributed by atoms with Crippen LogP contribution in [-0.2, 0) is 14.8 Å². The fraction of sp³-hybridized carbons (Fsp3) is 0.400. The van der Waals surface area contributed by atoms with Gasteiger partial charge in [0.1, 0.15) is 0 Å². The van der Waals surface area contributed by atoms with Gasteiger partial charge in [0.2, 0.25) is 15.9 Å². The van der Waals surface area contributed by atoms with Crippen LogP contribution in [0.5, 0.6) is 0 Å². The summed E-state index contributed by atoms with van der Waals surface area (Å²) < 4.78 is 25.2. The zero-order valence-electron chi connectivity index (χ0n) is 11.9. The number of anilines is 1. The van der Waals surface area contributed by atoms with Crippen molar-refractivity contribution in [2.75, 3.05) is 23.1 Å². The van der Waals surface area contributed by atoms with Crippen LogP contribution in [0.25, 0.3) is 0 Å². The Kier molecular flexibility index (Phi) is 4.86. The van der Waals surface area contributed by atoms with Gasteiger partial charge in [-0.15, -0.1) is 0 Å². The minimum Gasteiger partial charge on any atom is -0.355 e. The molecule has 0 atom stereocenters. The molecule has 1 aromatic carbocycles. The summed E-state index contributed by atoms with van der Waals surface area (Å²) in [4.78, 5) is 10.7. The van der Waals surface area contributed by atoms with Gasteiger partial charge in [-0.1, -0.05) is 17.9 Å². The maximum Gasteiger partial charge on any atom is 0.235 e. The van der Waals surface area contributed by atoms with Gasteiger partial charge < -0.3 is 5.32 Å². The number of benzene rings is 1. The largest absolute Gasteiger partial charge is 0.355 e. The Morgan fingerprint density at radius 1 is 1.43 bits per heavy atom. The predicted molar refractivity (Wildman–Crippen MR) is 82.4 cm³/mol. The van der Waals surface area contributed by atoms with E-state index in [4.69, 9.17) is 0 Å². The van der Waals surface area contributed by atoms with Gasteiger partial charge in [-0.3, -0.25) is 9.10 Å². The number of nitrogens with zero attached hydrogens (tertiary/aromatic N) is 1. The molecule has 5 nitrogen and oxygen atoms in total. The summed E-state index contributed by atoms with van der Waals surface area (Å²) >= 11 is 0. The molecule has 21 heavy (non-hydrogen) atoms. The highest BCUT2D eigenvalue weighted by Gasteiger charge is 2.28. The first-order chi connectivity index (χ1) is 9.99. The number of carbonyl (C=O) groups excluding carboxylic acids is 1. The molecule has 0 saturated carbocycles. The molecule has 1 aliphatic heterocycles. The van der Waals surface area contributed by atoms with Gasteiger partial charge in [0.05, 0.1) is 11.4 Å². The van der Waals surface area contributed by atoms with Crippen molar-refractivity contribution in [1.82, 2.24) is 5.32 Å². The second-order valence-corrected chi connectivity index (χ2v) is 6.84. The van der Waals surface area contributed by atoms with Gasteiger partial charge in [0, 0.05) is 32.0 Å². The average Bonchev–Trinajstić information content (AvgIpc) is 2.78. The topological polar surface area (TPSA) is 66.5 Å². The summed E-state index contributed by atoms with van der Waals surface area (Å²) in [6.45, 7) is 2.51. The zero-order valence-corrected chi connectivity index (χ0v) is 12.7. The molecule has 0 aromatic heterocycles. The van der Waals surface area contributed by atoms with Crippen LogP contribution in [-0.4, -0.2) is 33.2 Å². The Morgan fingerprint density at radius 3 is 2.90 bits per heavy atom.